The lowest BCUT2D eigenvalue weighted by Gasteiger charge is -2.36. The Labute approximate surface area is 130 Å². The summed E-state index contributed by atoms with van der Waals surface area (Å²) in [4.78, 5) is 14.6. The second kappa shape index (κ2) is 6.36. The van der Waals surface area contributed by atoms with Gasteiger partial charge in [-0.25, -0.2) is 0 Å². The molecule has 0 saturated carbocycles. The highest BCUT2D eigenvalue weighted by molar-refractivity contribution is 5.78. The van der Waals surface area contributed by atoms with Crippen LogP contribution in [0.4, 0.5) is 0 Å². The minimum atomic E-state index is -0.636. The lowest BCUT2D eigenvalue weighted by atomic mass is 9.98. The summed E-state index contributed by atoms with van der Waals surface area (Å²) < 4.78 is 5.64. The molecule has 0 spiro atoms. The molecule has 1 aromatic rings. The third-order valence-electron chi connectivity index (χ3n) is 5.05. The molecule has 0 amide bonds. The van der Waals surface area contributed by atoms with Gasteiger partial charge in [-0.05, 0) is 19.0 Å². The lowest BCUT2D eigenvalue weighted by Crippen LogP contribution is -2.45. The van der Waals surface area contributed by atoms with Crippen LogP contribution >= 0.6 is 0 Å². The zero-order chi connectivity index (χ0) is 15.7. The number of esters is 1. The Balaban J connectivity index is 1.65. The number of rotatable bonds is 4. The van der Waals surface area contributed by atoms with Crippen LogP contribution in [0.5, 0.6) is 0 Å². The van der Waals surface area contributed by atoms with Crippen molar-refractivity contribution < 1.29 is 19.7 Å². The van der Waals surface area contributed by atoms with Crippen molar-refractivity contribution in [2.24, 2.45) is 0 Å². The quantitative estimate of drug-likeness (QED) is 0.809. The minimum absolute atomic E-state index is 0.0702. The van der Waals surface area contributed by atoms with Gasteiger partial charge in [-0.1, -0.05) is 30.3 Å². The van der Waals surface area contributed by atoms with Crippen molar-refractivity contribution in [3.63, 3.8) is 0 Å². The Hall–Kier alpha value is -1.43. The number of likely N-dealkylation sites (N-methyl/N-ethyl adjacent to an activating group) is 1. The average Bonchev–Trinajstić information content (AvgIpc) is 2.68. The smallest absolute Gasteiger partial charge is 0.316 e. The standard InChI is InChI=1S/C17H23NO4/c1-18-12-7-13(9-15(18)16(20)8-12)22-17(21)14(10-19)11-5-3-2-4-6-11/h2-6,12-16,19-20H,7-10H2,1H3/t12-,13+,14?,15+,16+/m0/s1. The van der Waals surface area contributed by atoms with E-state index >= 15 is 0 Å². The Bertz CT molecular complexity index is 521. The number of hydrogen-bond acceptors (Lipinski definition) is 5. The highest BCUT2D eigenvalue weighted by Gasteiger charge is 2.45. The molecule has 1 aromatic carbocycles. The van der Waals surface area contributed by atoms with Crippen LogP contribution in [-0.2, 0) is 9.53 Å². The molecule has 2 bridgehead atoms. The number of aliphatic hydroxyl groups is 2. The first-order chi connectivity index (χ1) is 10.6. The molecule has 5 nitrogen and oxygen atoms in total. The number of carbonyl (C=O) groups is 1. The monoisotopic (exact) mass is 305 g/mol. The largest absolute Gasteiger partial charge is 0.462 e. The molecule has 2 aliphatic rings. The van der Waals surface area contributed by atoms with E-state index in [1.54, 1.807) is 0 Å². The first-order valence-corrected chi connectivity index (χ1v) is 7.86. The molecular weight excluding hydrogens is 282 g/mol. The first kappa shape index (κ1) is 15.5. The Morgan fingerprint density at radius 2 is 2.05 bits per heavy atom. The number of carbonyl (C=O) groups excluding carboxylic acids is 1. The molecule has 0 radical (unpaired) electrons. The molecule has 2 saturated heterocycles. The Morgan fingerprint density at radius 1 is 1.32 bits per heavy atom. The van der Waals surface area contributed by atoms with Crippen LogP contribution in [0.25, 0.3) is 0 Å². The zero-order valence-electron chi connectivity index (χ0n) is 12.8. The molecule has 5 heteroatoms. The van der Waals surface area contributed by atoms with E-state index in [9.17, 15) is 15.0 Å². The van der Waals surface area contributed by atoms with Gasteiger partial charge in [-0.15, -0.1) is 0 Å². The van der Waals surface area contributed by atoms with E-state index in [1.165, 1.54) is 0 Å². The van der Waals surface area contributed by atoms with E-state index in [0.717, 1.165) is 18.4 Å². The number of nitrogens with zero attached hydrogens (tertiary/aromatic N) is 1. The fraction of sp³-hybridized carbons (Fsp3) is 0.588. The molecular formula is C17H23NO4. The van der Waals surface area contributed by atoms with Crippen molar-refractivity contribution >= 4 is 5.97 Å². The van der Waals surface area contributed by atoms with Crippen molar-refractivity contribution in [2.75, 3.05) is 13.7 Å². The Morgan fingerprint density at radius 3 is 2.68 bits per heavy atom. The van der Waals surface area contributed by atoms with Gasteiger partial charge < -0.3 is 14.9 Å². The Kier molecular flexibility index (Phi) is 4.47. The third-order valence-corrected chi connectivity index (χ3v) is 5.05. The minimum Gasteiger partial charge on any atom is -0.462 e. The first-order valence-electron chi connectivity index (χ1n) is 7.86. The maximum Gasteiger partial charge on any atom is 0.316 e. The summed E-state index contributed by atoms with van der Waals surface area (Å²) in [7, 11) is 2.02. The molecule has 2 aliphatic heterocycles. The molecule has 0 aromatic heterocycles. The predicted octanol–water partition coefficient (Wildman–Crippen LogP) is 0.902. The molecule has 2 heterocycles. The summed E-state index contributed by atoms with van der Waals surface area (Å²) in [6.45, 7) is -0.259. The van der Waals surface area contributed by atoms with Gasteiger partial charge in [0.25, 0.3) is 0 Å². The molecule has 120 valence electrons. The fourth-order valence-electron chi connectivity index (χ4n) is 3.74. The molecule has 5 atom stereocenters. The van der Waals surface area contributed by atoms with Crippen molar-refractivity contribution in [1.82, 2.24) is 4.90 Å². The van der Waals surface area contributed by atoms with E-state index in [0.29, 0.717) is 6.42 Å². The SMILES string of the molecule is CN1[C@H]2C[C@@H](OC(=O)C(CO)c3ccccc3)C[C@@H]1[C@H](O)C2. The van der Waals surface area contributed by atoms with Gasteiger partial charge in [0, 0.05) is 24.9 Å². The second-order valence-corrected chi connectivity index (χ2v) is 6.37. The molecule has 3 rings (SSSR count). The summed E-state index contributed by atoms with van der Waals surface area (Å²) in [5.74, 6) is -1.01. The highest BCUT2D eigenvalue weighted by atomic mass is 16.5. The van der Waals surface area contributed by atoms with Crippen molar-refractivity contribution in [2.45, 2.75) is 49.5 Å². The van der Waals surface area contributed by atoms with Crippen LogP contribution in [0.3, 0.4) is 0 Å². The van der Waals surface area contributed by atoms with E-state index in [-0.39, 0.29) is 36.9 Å². The van der Waals surface area contributed by atoms with Gasteiger partial charge in [0.05, 0.1) is 12.7 Å². The summed E-state index contributed by atoms with van der Waals surface area (Å²) in [6.07, 6.45) is 1.66. The molecule has 1 unspecified atom stereocenters. The number of benzene rings is 1. The molecule has 2 N–H and O–H groups in total. The van der Waals surface area contributed by atoms with Crippen LogP contribution < -0.4 is 0 Å². The van der Waals surface area contributed by atoms with Crippen LogP contribution in [-0.4, -0.2) is 59.0 Å². The maximum atomic E-state index is 12.4. The van der Waals surface area contributed by atoms with Gasteiger partial charge in [0.15, 0.2) is 0 Å². The van der Waals surface area contributed by atoms with Gasteiger partial charge in [0.1, 0.15) is 12.0 Å². The molecule has 0 aliphatic carbocycles. The predicted molar refractivity (Wildman–Crippen MR) is 81.3 cm³/mol. The molecule has 22 heavy (non-hydrogen) atoms. The average molecular weight is 305 g/mol. The fourth-order valence-corrected chi connectivity index (χ4v) is 3.74. The van der Waals surface area contributed by atoms with Crippen LogP contribution in [0.1, 0.15) is 30.7 Å². The molecule has 2 fully saturated rings. The van der Waals surface area contributed by atoms with E-state index in [2.05, 4.69) is 4.90 Å². The number of ether oxygens (including phenoxy) is 1. The number of aliphatic hydroxyl groups excluding tert-OH is 2. The van der Waals surface area contributed by atoms with Gasteiger partial charge >= 0.3 is 5.97 Å². The van der Waals surface area contributed by atoms with Crippen molar-refractivity contribution in [3.8, 4) is 0 Å². The summed E-state index contributed by atoms with van der Waals surface area (Å²) in [5, 5.41) is 19.6. The van der Waals surface area contributed by atoms with Crippen LogP contribution in [0.2, 0.25) is 0 Å². The highest BCUT2D eigenvalue weighted by Crippen LogP contribution is 2.36. The number of fused-ring (bicyclic) bond motifs is 2. The summed E-state index contributed by atoms with van der Waals surface area (Å²) >= 11 is 0. The van der Waals surface area contributed by atoms with Gasteiger partial charge in [-0.3, -0.25) is 9.69 Å². The van der Waals surface area contributed by atoms with Gasteiger partial charge in [-0.2, -0.15) is 0 Å². The summed E-state index contributed by atoms with van der Waals surface area (Å²) in [5.41, 5.74) is 0.769. The number of piperidine rings is 1. The van der Waals surface area contributed by atoms with Crippen molar-refractivity contribution in [1.29, 1.82) is 0 Å². The third kappa shape index (κ3) is 2.89. The lowest BCUT2D eigenvalue weighted by molar-refractivity contribution is -0.155. The van der Waals surface area contributed by atoms with Crippen LogP contribution in [0, 0.1) is 0 Å². The topological polar surface area (TPSA) is 70.0 Å². The number of hydrogen-bond donors (Lipinski definition) is 2. The van der Waals surface area contributed by atoms with E-state index in [4.69, 9.17) is 4.74 Å². The summed E-state index contributed by atoms with van der Waals surface area (Å²) in [6, 6.07) is 9.56. The zero-order valence-corrected chi connectivity index (χ0v) is 12.8. The second-order valence-electron chi connectivity index (χ2n) is 6.37. The maximum absolute atomic E-state index is 12.4. The van der Waals surface area contributed by atoms with E-state index < -0.39 is 5.92 Å². The normalized spacial score (nSPS) is 32.7. The van der Waals surface area contributed by atoms with Gasteiger partial charge in [0.2, 0.25) is 0 Å². The van der Waals surface area contributed by atoms with E-state index in [1.807, 2.05) is 37.4 Å². The van der Waals surface area contributed by atoms with Crippen molar-refractivity contribution in [3.05, 3.63) is 35.9 Å². The van der Waals surface area contributed by atoms with Crippen LogP contribution in [0.15, 0.2) is 30.3 Å².